The van der Waals surface area contributed by atoms with Gasteiger partial charge in [-0.15, -0.1) is 0 Å². The fraction of sp³-hybridized carbons (Fsp3) is 0.435. The Morgan fingerprint density at radius 2 is 1.67 bits per heavy atom. The lowest BCUT2D eigenvalue weighted by molar-refractivity contribution is -0.916. The van der Waals surface area contributed by atoms with Crippen molar-refractivity contribution in [3.05, 3.63) is 65.7 Å². The van der Waals surface area contributed by atoms with E-state index in [1.54, 1.807) is 0 Å². The Bertz CT molecular complexity index is 720. The van der Waals surface area contributed by atoms with Crippen LogP contribution in [0, 0.1) is 0 Å². The van der Waals surface area contributed by atoms with E-state index < -0.39 is 0 Å². The number of hydrogen-bond acceptors (Lipinski definition) is 2. The second kappa shape index (κ2) is 9.05. The number of nitrogens with one attached hydrogen (secondary N) is 2. The van der Waals surface area contributed by atoms with E-state index in [0.717, 1.165) is 17.9 Å². The van der Waals surface area contributed by atoms with Crippen LogP contribution < -0.4 is 15.0 Å². The number of para-hydroxylation sites is 1. The Morgan fingerprint density at radius 3 is 2.30 bits per heavy atom. The van der Waals surface area contributed by atoms with Crippen molar-refractivity contribution in [3.63, 3.8) is 0 Å². The summed E-state index contributed by atoms with van der Waals surface area (Å²) in [5.41, 5.74) is 1.94. The van der Waals surface area contributed by atoms with Gasteiger partial charge in [0.2, 0.25) is 0 Å². The SMILES string of the molecule is C[NH+](C)C1(CNC(=O)c2ccc(COc3ccccc3)cc2)CCCCC1. The molecule has 0 saturated heterocycles. The van der Waals surface area contributed by atoms with Gasteiger partial charge in [-0.05, 0) is 42.7 Å². The van der Waals surface area contributed by atoms with Gasteiger partial charge in [-0.1, -0.05) is 36.8 Å². The zero-order valence-electron chi connectivity index (χ0n) is 16.5. The molecule has 1 fully saturated rings. The van der Waals surface area contributed by atoms with Crippen LogP contribution in [-0.2, 0) is 6.61 Å². The molecule has 2 aromatic rings. The number of benzene rings is 2. The minimum absolute atomic E-state index is 0.0109. The quantitative estimate of drug-likeness (QED) is 0.790. The number of rotatable bonds is 7. The molecule has 1 aliphatic rings. The molecule has 0 aliphatic heterocycles. The maximum absolute atomic E-state index is 12.6. The van der Waals surface area contributed by atoms with E-state index in [4.69, 9.17) is 4.74 Å². The van der Waals surface area contributed by atoms with Gasteiger partial charge in [0.05, 0.1) is 20.6 Å². The molecule has 0 unspecified atom stereocenters. The third-order valence-corrected chi connectivity index (χ3v) is 5.82. The highest BCUT2D eigenvalue weighted by atomic mass is 16.5. The maximum Gasteiger partial charge on any atom is 0.251 e. The standard InChI is InChI=1S/C23H30N2O2/c1-25(2)23(15-7-4-8-16-23)18-24-22(26)20-13-11-19(12-14-20)17-27-21-9-5-3-6-10-21/h3,5-6,9-14H,4,7-8,15-18H2,1-2H3,(H,24,26)/p+1. The van der Waals surface area contributed by atoms with Crippen molar-refractivity contribution in [1.82, 2.24) is 5.32 Å². The molecule has 0 spiro atoms. The smallest absolute Gasteiger partial charge is 0.251 e. The number of carbonyl (C=O) groups is 1. The lowest BCUT2D eigenvalue weighted by Gasteiger charge is -2.39. The van der Waals surface area contributed by atoms with Crippen LogP contribution in [0.4, 0.5) is 0 Å². The molecule has 2 aromatic carbocycles. The molecule has 0 heterocycles. The molecule has 0 radical (unpaired) electrons. The molecule has 0 bridgehead atoms. The minimum atomic E-state index is 0.0109. The highest BCUT2D eigenvalue weighted by Crippen LogP contribution is 2.25. The molecule has 0 atom stereocenters. The summed E-state index contributed by atoms with van der Waals surface area (Å²) in [7, 11) is 4.41. The normalized spacial score (nSPS) is 16.1. The summed E-state index contributed by atoms with van der Waals surface area (Å²) in [6.45, 7) is 1.24. The summed E-state index contributed by atoms with van der Waals surface area (Å²) in [4.78, 5) is 14.0. The first-order chi connectivity index (χ1) is 13.1. The summed E-state index contributed by atoms with van der Waals surface area (Å²) < 4.78 is 5.76. The number of likely N-dealkylation sites (N-methyl/N-ethyl adjacent to an activating group) is 1. The Kier molecular flexibility index (Phi) is 6.51. The van der Waals surface area contributed by atoms with E-state index in [-0.39, 0.29) is 11.4 Å². The van der Waals surface area contributed by atoms with Crippen molar-refractivity contribution in [1.29, 1.82) is 0 Å². The molecule has 3 rings (SSSR count). The van der Waals surface area contributed by atoms with Gasteiger partial charge in [0, 0.05) is 18.4 Å². The van der Waals surface area contributed by atoms with Crippen LogP contribution in [0.15, 0.2) is 54.6 Å². The molecule has 1 saturated carbocycles. The molecule has 1 amide bonds. The third kappa shape index (κ3) is 5.10. The molecular weight excluding hydrogens is 336 g/mol. The van der Waals surface area contributed by atoms with Crippen molar-refractivity contribution in [2.75, 3.05) is 20.6 Å². The lowest BCUT2D eigenvalue weighted by atomic mass is 9.80. The topological polar surface area (TPSA) is 42.8 Å². The van der Waals surface area contributed by atoms with Crippen LogP contribution in [0.5, 0.6) is 5.75 Å². The summed E-state index contributed by atoms with van der Waals surface area (Å²) >= 11 is 0. The molecular formula is C23H31N2O2+. The van der Waals surface area contributed by atoms with E-state index >= 15 is 0 Å². The largest absolute Gasteiger partial charge is 0.489 e. The number of hydrogen-bond donors (Lipinski definition) is 2. The van der Waals surface area contributed by atoms with Gasteiger partial charge >= 0.3 is 0 Å². The Hall–Kier alpha value is -2.33. The Balaban J connectivity index is 1.54. The predicted molar refractivity (Wildman–Crippen MR) is 108 cm³/mol. The number of quaternary nitrogens is 1. The molecule has 144 valence electrons. The van der Waals surface area contributed by atoms with Gasteiger partial charge in [-0.2, -0.15) is 0 Å². The first-order valence-electron chi connectivity index (χ1n) is 9.95. The van der Waals surface area contributed by atoms with E-state index in [1.807, 2.05) is 54.6 Å². The molecule has 4 heteroatoms. The van der Waals surface area contributed by atoms with Crippen LogP contribution in [0.3, 0.4) is 0 Å². The fourth-order valence-corrected chi connectivity index (χ4v) is 3.87. The van der Waals surface area contributed by atoms with Gasteiger partial charge in [0.15, 0.2) is 0 Å². The summed E-state index contributed by atoms with van der Waals surface area (Å²) in [6.07, 6.45) is 6.21. The van der Waals surface area contributed by atoms with E-state index in [2.05, 4.69) is 19.4 Å². The van der Waals surface area contributed by atoms with Gasteiger partial charge in [-0.3, -0.25) is 4.79 Å². The monoisotopic (exact) mass is 367 g/mol. The minimum Gasteiger partial charge on any atom is -0.489 e. The highest BCUT2D eigenvalue weighted by molar-refractivity contribution is 5.94. The Morgan fingerprint density at radius 1 is 1.00 bits per heavy atom. The second-order valence-corrected chi connectivity index (χ2v) is 7.82. The second-order valence-electron chi connectivity index (χ2n) is 7.82. The van der Waals surface area contributed by atoms with Gasteiger partial charge < -0.3 is 15.0 Å². The molecule has 0 aromatic heterocycles. The van der Waals surface area contributed by atoms with E-state index in [0.29, 0.717) is 12.2 Å². The number of carbonyl (C=O) groups excluding carboxylic acids is 1. The predicted octanol–water partition coefficient (Wildman–Crippen LogP) is 2.84. The van der Waals surface area contributed by atoms with Gasteiger partial charge in [-0.25, -0.2) is 0 Å². The van der Waals surface area contributed by atoms with E-state index in [9.17, 15) is 4.79 Å². The molecule has 27 heavy (non-hydrogen) atoms. The van der Waals surface area contributed by atoms with Crippen molar-refractivity contribution >= 4 is 5.91 Å². The van der Waals surface area contributed by atoms with Crippen LogP contribution in [0.2, 0.25) is 0 Å². The van der Waals surface area contributed by atoms with Crippen LogP contribution in [0.1, 0.15) is 48.0 Å². The zero-order chi connectivity index (χ0) is 19.1. The van der Waals surface area contributed by atoms with Crippen molar-refractivity contribution in [3.8, 4) is 5.75 Å². The molecule has 1 aliphatic carbocycles. The molecule has 2 N–H and O–H groups in total. The fourth-order valence-electron chi connectivity index (χ4n) is 3.87. The highest BCUT2D eigenvalue weighted by Gasteiger charge is 2.38. The first-order valence-corrected chi connectivity index (χ1v) is 9.95. The van der Waals surface area contributed by atoms with Crippen LogP contribution in [0.25, 0.3) is 0 Å². The summed E-state index contributed by atoms with van der Waals surface area (Å²) in [5, 5.41) is 3.18. The van der Waals surface area contributed by atoms with Crippen LogP contribution >= 0.6 is 0 Å². The summed E-state index contributed by atoms with van der Waals surface area (Å²) in [5.74, 6) is 0.861. The number of amides is 1. The number of ether oxygens (including phenoxy) is 1. The van der Waals surface area contributed by atoms with Crippen molar-refractivity contribution in [2.24, 2.45) is 0 Å². The van der Waals surface area contributed by atoms with Crippen LogP contribution in [-0.4, -0.2) is 32.1 Å². The average Bonchev–Trinajstić information content (AvgIpc) is 2.72. The zero-order valence-corrected chi connectivity index (χ0v) is 16.5. The van der Waals surface area contributed by atoms with Crippen molar-refractivity contribution < 1.29 is 14.4 Å². The maximum atomic E-state index is 12.6. The van der Waals surface area contributed by atoms with Gasteiger partial charge in [0.1, 0.15) is 17.9 Å². The Labute approximate surface area is 162 Å². The van der Waals surface area contributed by atoms with Crippen molar-refractivity contribution in [2.45, 2.75) is 44.2 Å². The van der Waals surface area contributed by atoms with Gasteiger partial charge in [0.25, 0.3) is 5.91 Å². The lowest BCUT2D eigenvalue weighted by Crippen LogP contribution is -3.16. The first kappa shape index (κ1) is 19.4. The third-order valence-electron chi connectivity index (χ3n) is 5.82. The summed E-state index contributed by atoms with van der Waals surface area (Å²) in [6, 6.07) is 17.5. The average molecular weight is 368 g/mol. The molecule has 4 nitrogen and oxygen atoms in total. The van der Waals surface area contributed by atoms with E-state index in [1.165, 1.54) is 37.0 Å².